The van der Waals surface area contributed by atoms with Crippen LogP contribution in [0.2, 0.25) is 0 Å². The van der Waals surface area contributed by atoms with Gasteiger partial charge in [-0.25, -0.2) is 5.26 Å². The number of allylic oxidation sites excluding steroid dienone is 3. The van der Waals surface area contributed by atoms with Crippen molar-refractivity contribution in [1.29, 1.82) is 5.26 Å². The van der Waals surface area contributed by atoms with Gasteiger partial charge in [-0.2, -0.15) is 0 Å². The van der Waals surface area contributed by atoms with Crippen LogP contribution < -0.4 is 0 Å². The molecule has 15 heavy (non-hydrogen) atoms. The van der Waals surface area contributed by atoms with E-state index in [0.717, 1.165) is 18.5 Å². The molecule has 0 radical (unpaired) electrons. The van der Waals surface area contributed by atoms with Gasteiger partial charge >= 0.3 is 0 Å². The van der Waals surface area contributed by atoms with Gasteiger partial charge in [0.05, 0.1) is 31.6 Å². The normalized spacial score (nSPS) is 8.73. The Morgan fingerprint density at radius 1 is 1.00 bits per heavy atom. The van der Waals surface area contributed by atoms with Crippen LogP contribution in [0.5, 0.6) is 0 Å². The first-order chi connectivity index (χ1) is 7.16. The smallest absolute Gasteiger partial charge is 0.0818 e. The quantitative estimate of drug-likeness (QED) is 0.292. The summed E-state index contributed by atoms with van der Waals surface area (Å²) in [5.41, 5.74) is 0. The molecule has 0 saturated heterocycles. The summed E-state index contributed by atoms with van der Waals surface area (Å²) in [6.45, 7) is 15.2. The maximum atomic E-state index is 7.13. The number of rotatable bonds is 7. The van der Waals surface area contributed by atoms with Crippen LogP contribution >= 0.6 is 7.26 Å². The van der Waals surface area contributed by atoms with Gasteiger partial charge < -0.3 is 12.6 Å². The maximum absolute atomic E-state index is 7.13. The number of hydrogen-bond acceptors (Lipinski definition) is 2. The van der Waals surface area contributed by atoms with E-state index in [1.165, 1.54) is 5.40 Å². The van der Waals surface area contributed by atoms with Gasteiger partial charge in [-0.15, -0.1) is 0 Å². The van der Waals surface area contributed by atoms with Crippen LogP contribution in [-0.4, -0.2) is 18.5 Å². The van der Waals surface area contributed by atoms with Gasteiger partial charge in [-0.1, -0.05) is 49.9 Å². The van der Waals surface area contributed by atoms with Crippen LogP contribution in [0.25, 0.3) is 0 Å². The lowest BCUT2D eigenvalue weighted by Gasteiger charge is -2.18. The highest BCUT2D eigenvalue weighted by Gasteiger charge is 2.29. The minimum Gasteiger partial charge on any atom is -0.696 e. The summed E-state index contributed by atoms with van der Waals surface area (Å²) >= 11 is 3.70. The fourth-order valence-electron chi connectivity index (χ4n) is 1.22. The van der Waals surface area contributed by atoms with Crippen LogP contribution in [0.3, 0.4) is 0 Å². The highest BCUT2D eigenvalue weighted by atomic mass is 32.1. The molecule has 0 aliphatic rings. The zero-order valence-corrected chi connectivity index (χ0v) is 10.8. The van der Waals surface area contributed by atoms with Gasteiger partial charge in [0, 0.05) is 0 Å². The largest absolute Gasteiger partial charge is 0.696 e. The van der Waals surface area contributed by atoms with Gasteiger partial charge in [0.2, 0.25) is 0 Å². The maximum Gasteiger partial charge on any atom is 0.0818 e. The molecule has 0 bridgehead atoms. The van der Waals surface area contributed by atoms with Crippen molar-refractivity contribution in [2.45, 2.75) is 0 Å². The Morgan fingerprint density at radius 2 is 1.27 bits per heavy atom. The van der Waals surface area contributed by atoms with Crippen LogP contribution in [0.1, 0.15) is 0 Å². The molecule has 0 aromatic heterocycles. The third-order valence-electron chi connectivity index (χ3n) is 1.87. The SMILES string of the molecule is C=CC[P+](C=C)(CC=C)CC=C.N#C[S-]. The zero-order valence-electron chi connectivity index (χ0n) is 9.06. The Balaban J connectivity index is 0. The van der Waals surface area contributed by atoms with E-state index in [0.29, 0.717) is 0 Å². The lowest BCUT2D eigenvalue weighted by atomic mass is 10.7. The third-order valence-corrected chi connectivity index (χ3v) is 5.60. The molecule has 0 unspecified atom stereocenters. The molecular formula is C12H18NPS. The topological polar surface area (TPSA) is 23.8 Å². The predicted molar refractivity (Wildman–Crippen MR) is 75.3 cm³/mol. The van der Waals surface area contributed by atoms with Crippen LogP contribution in [0, 0.1) is 10.7 Å². The molecule has 0 fully saturated rings. The summed E-state index contributed by atoms with van der Waals surface area (Å²) in [5, 5.41) is 8.47. The predicted octanol–water partition coefficient (Wildman–Crippen LogP) is 3.72. The molecule has 0 heterocycles. The van der Waals surface area contributed by atoms with E-state index in [9.17, 15) is 0 Å². The van der Waals surface area contributed by atoms with Gasteiger partial charge in [0.25, 0.3) is 0 Å². The van der Waals surface area contributed by atoms with Crippen LogP contribution in [-0.2, 0) is 12.6 Å². The molecule has 0 aliphatic heterocycles. The first-order valence-corrected chi connectivity index (χ1v) is 7.31. The second-order valence-electron chi connectivity index (χ2n) is 2.91. The lowest BCUT2D eigenvalue weighted by molar-refractivity contribution is 1.55. The molecule has 0 amide bonds. The molecule has 82 valence electrons. The molecule has 0 aromatic rings. The van der Waals surface area contributed by atoms with Crippen molar-refractivity contribution in [2.75, 3.05) is 18.5 Å². The van der Waals surface area contributed by atoms with E-state index >= 15 is 0 Å². The molecule has 1 nitrogen and oxygen atoms in total. The Hall–Kier alpha value is -0.900. The van der Waals surface area contributed by atoms with E-state index in [1.54, 1.807) is 0 Å². The molecule has 0 saturated carbocycles. The van der Waals surface area contributed by atoms with Crippen LogP contribution in [0.4, 0.5) is 0 Å². The van der Waals surface area contributed by atoms with Gasteiger partial charge in [-0.05, 0) is 0 Å². The molecule has 0 atom stereocenters. The van der Waals surface area contributed by atoms with Gasteiger partial charge in [0.15, 0.2) is 0 Å². The van der Waals surface area contributed by atoms with Crippen molar-refractivity contribution >= 4 is 19.9 Å². The average Bonchev–Trinajstić information content (AvgIpc) is 2.20. The zero-order chi connectivity index (χ0) is 12.2. The van der Waals surface area contributed by atoms with Gasteiger partial charge in [-0.3, -0.25) is 0 Å². The Labute approximate surface area is 99.6 Å². The van der Waals surface area contributed by atoms with Crippen molar-refractivity contribution < 1.29 is 0 Å². The fourth-order valence-corrected chi connectivity index (χ4v) is 3.66. The lowest BCUT2D eigenvalue weighted by Crippen LogP contribution is -2.00. The highest BCUT2D eigenvalue weighted by molar-refractivity contribution is 7.79. The van der Waals surface area contributed by atoms with Crippen molar-refractivity contribution in [2.24, 2.45) is 0 Å². The molecule has 0 aromatic carbocycles. The second kappa shape index (κ2) is 11.2. The van der Waals surface area contributed by atoms with E-state index in [4.69, 9.17) is 5.26 Å². The molecule has 3 heteroatoms. The fraction of sp³-hybridized carbons (Fsp3) is 0.250. The first kappa shape index (κ1) is 16.5. The average molecular weight is 239 g/mol. The minimum atomic E-state index is -1.07. The van der Waals surface area contributed by atoms with E-state index in [-0.39, 0.29) is 0 Å². The van der Waals surface area contributed by atoms with E-state index in [1.807, 2.05) is 18.2 Å². The Morgan fingerprint density at radius 3 is 1.40 bits per heavy atom. The molecule has 0 N–H and O–H groups in total. The first-order valence-electron chi connectivity index (χ1n) is 4.49. The Kier molecular flexibility index (Phi) is 12.3. The summed E-state index contributed by atoms with van der Waals surface area (Å²) < 4.78 is 0. The number of thiocyanates is 1. The molecule has 0 rings (SSSR count). The Bertz CT molecular complexity index is 226. The number of nitriles is 1. The summed E-state index contributed by atoms with van der Waals surface area (Å²) in [5.74, 6) is 2.10. The van der Waals surface area contributed by atoms with E-state index in [2.05, 4.69) is 44.8 Å². The number of hydrogen-bond donors (Lipinski definition) is 0. The van der Waals surface area contributed by atoms with Crippen molar-refractivity contribution in [3.63, 3.8) is 0 Å². The highest BCUT2D eigenvalue weighted by Crippen LogP contribution is 2.59. The van der Waals surface area contributed by atoms with Crippen LogP contribution in [0.15, 0.2) is 50.4 Å². The standard InChI is InChI=1S/C11H18P.CHNS/c1-5-9-12(8-4,10-6-2)11-7-3;2-1-3/h5-8H,1-4,9-11H2;3H/q+1;/p-1. The molecular weight excluding hydrogens is 221 g/mol. The third kappa shape index (κ3) is 8.12. The van der Waals surface area contributed by atoms with Gasteiger partial charge in [0.1, 0.15) is 0 Å². The summed E-state index contributed by atoms with van der Waals surface area (Å²) in [7, 11) is -1.07. The van der Waals surface area contributed by atoms with Crippen molar-refractivity contribution in [1.82, 2.24) is 0 Å². The van der Waals surface area contributed by atoms with Crippen molar-refractivity contribution in [3.8, 4) is 5.40 Å². The molecule has 0 aliphatic carbocycles. The summed E-state index contributed by atoms with van der Waals surface area (Å²) in [6, 6.07) is 0. The van der Waals surface area contributed by atoms with Crippen molar-refractivity contribution in [3.05, 3.63) is 50.4 Å². The minimum absolute atomic E-state index is 1.05. The number of nitrogens with zero attached hydrogens (tertiary/aromatic N) is 1. The summed E-state index contributed by atoms with van der Waals surface area (Å²) in [4.78, 5) is 0. The second-order valence-corrected chi connectivity index (χ2v) is 6.99. The summed E-state index contributed by atoms with van der Waals surface area (Å²) in [6.07, 6.45) is 9.07. The van der Waals surface area contributed by atoms with E-state index < -0.39 is 7.26 Å². The monoisotopic (exact) mass is 239 g/mol. The molecule has 0 spiro atoms.